The molecule has 0 amide bonds. The number of rotatable bonds is 4. The third kappa shape index (κ3) is 4.41. The Kier molecular flexibility index (Phi) is 6.47. The first-order valence-electron chi connectivity index (χ1n) is 18.9. The Bertz CT molecular complexity index is 3360. The number of anilines is 3. The van der Waals surface area contributed by atoms with E-state index in [2.05, 4.69) is 193 Å². The molecule has 260 valence electrons. The second-order valence-electron chi connectivity index (χ2n) is 15.3. The van der Waals surface area contributed by atoms with Crippen LogP contribution in [-0.4, -0.2) is 4.57 Å². The molecule has 0 atom stereocenters. The van der Waals surface area contributed by atoms with Gasteiger partial charge in [0, 0.05) is 79.3 Å². The van der Waals surface area contributed by atoms with E-state index in [1.165, 1.54) is 90.1 Å². The van der Waals surface area contributed by atoms with Crippen molar-refractivity contribution in [3.05, 3.63) is 181 Å². The van der Waals surface area contributed by atoms with Crippen LogP contribution in [0.2, 0.25) is 0 Å². The number of thiophene rings is 2. The molecule has 0 saturated carbocycles. The molecule has 1 aliphatic rings. The van der Waals surface area contributed by atoms with Crippen LogP contribution in [-0.2, 0) is 5.41 Å². The Hall–Kier alpha value is -6.20. The third-order valence-corrected chi connectivity index (χ3v) is 14.3. The first-order chi connectivity index (χ1) is 27.0. The molecule has 4 heteroatoms. The molecule has 0 saturated heterocycles. The van der Waals surface area contributed by atoms with Crippen molar-refractivity contribution in [1.82, 2.24) is 4.57 Å². The standard InChI is InChI=1S/C51H34N2S2/c1-51(2)42-17-9-6-14-35(42)36-23-20-34(30-43(36)51)52(33-22-27-48-40(28-33)38-16-8-10-18-46(38)54-48)32-21-25-44-41(29-32)49-45(53(44)31-12-4-3-5-13-31)26-24-39-37-15-7-11-19-47(37)55-50(39)49/h3-30H,1-2H3. The van der Waals surface area contributed by atoms with Crippen LogP contribution in [0.15, 0.2) is 170 Å². The van der Waals surface area contributed by atoms with Crippen LogP contribution >= 0.6 is 22.7 Å². The molecule has 11 aromatic rings. The molecule has 55 heavy (non-hydrogen) atoms. The van der Waals surface area contributed by atoms with Crippen LogP contribution in [0.25, 0.3) is 79.0 Å². The maximum atomic E-state index is 2.49. The predicted octanol–water partition coefficient (Wildman–Crippen LogP) is 15.3. The summed E-state index contributed by atoms with van der Waals surface area (Å²) in [6, 6.07) is 63.3. The third-order valence-electron chi connectivity index (χ3n) is 12.0. The lowest BCUT2D eigenvalue weighted by Crippen LogP contribution is -2.16. The fourth-order valence-electron chi connectivity index (χ4n) is 9.40. The minimum Gasteiger partial charge on any atom is -0.310 e. The van der Waals surface area contributed by atoms with E-state index >= 15 is 0 Å². The van der Waals surface area contributed by atoms with E-state index in [1.54, 1.807) is 0 Å². The predicted molar refractivity (Wildman–Crippen MR) is 239 cm³/mol. The van der Waals surface area contributed by atoms with Crippen molar-refractivity contribution < 1.29 is 0 Å². The van der Waals surface area contributed by atoms with Crippen LogP contribution in [0.1, 0.15) is 25.0 Å². The first-order valence-corrected chi connectivity index (χ1v) is 20.6. The zero-order valence-electron chi connectivity index (χ0n) is 30.4. The second-order valence-corrected chi connectivity index (χ2v) is 17.5. The smallest absolute Gasteiger partial charge is 0.0555 e. The highest BCUT2D eigenvalue weighted by molar-refractivity contribution is 7.27. The van der Waals surface area contributed by atoms with Gasteiger partial charge in [0.05, 0.1) is 11.0 Å². The normalized spacial score (nSPS) is 13.4. The lowest BCUT2D eigenvalue weighted by atomic mass is 9.82. The number of para-hydroxylation sites is 1. The fraction of sp³-hybridized carbons (Fsp3) is 0.0588. The average molecular weight is 739 g/mol. The summed E-state index contributed by atoms with van der Waals surface area (Å²) in [5.41, 5.74) is 12.4. The molecule has 0 fully saturated rings. The number of nitrogens with zero attached hydrogens (tertiary/aromatic N) is 2. The van der Waals surface area contributed by atoms with Gasteiger partial charge < -0.3 is 9.47 Å². The van der Waals surface area contributed by atoms with Gasteiger partial charge in [-0.15, -0.1) is 22.7 Å². The van der Waals surface area contributed by atoms with Gasteiger partial charge >= 0.3 is 0 Å². The summed E-state index contributed by atoms with van der Waals surface area (Å²) >= 11 is 3.78. The molecule has 2 nitrogen and oxygen atoms in total. The highest BCUT2D eigenvalue weighted by Crippen LogP contribution is 2.52. The Morgan fingerprint density at radius 2 is 1.04 bits per heavy atom. The van der Waals surface area contributed by atoms with E-state index in [9.17, 15) is 0 Å². The van der Waals surface area contributed by atoms with Crippen LogP contribution in [0.3, 0.4) is 0 Å². The number of fused-ring (bicyclic) bond motifs is 13. The highest BCUT2D eigenvalue weighted by atomic mass is 32.1. The lowest BCUT2D eigenvalue weighted by molar-refractivity contribution is 0.660. The summed E-state index contributed by atoms with van der Waals surface area (Å²) in [6.45, 7) is 4.74. The Labute approximate surface area is 326 Å². The Morgan fingerprint density at radius 1 is 0.436 bits per heavy atom. The van der Waals surface area contributed by atoms with E-state index in [1.807, 2.05) is 22.7 Å². The van der Waals surface area contributed by atoms with Gasteiger partial charge in [-0.3, -0.25) is 0 Å². The molecule has 0 bridgehead atoms. The minimum atomic E-state index is -0.110. The molecule has 0 spiro atoms. The molecule has 0 N–H and O–H groups in total. The van der Waals surface area contributed by atoms with Gasteiger partial charge in [-0.1, -0.05) is 105 Å². The SMILES string of the molecule is CC1(C)c2ccccc2-c2ccc(N(c3ccc4sc5ccccc5c4c3)c3ccc4c(c3)c3c5sc6ccccc6c5ccc3n4-c3ccccc3)cc21. The van der Waals surface area contributed by atoms with E-state index in [0.29, 0.717) is 0 Å². The maximum Gasteiger partial charge on any atom is 0.0555 e. The maximum absolute atomic E-state index is 2.49. The first kappa shape index (κ1) is 31.2. The molecule has 3 aromatic heterocycles. The molecular formula is C51H34N2S2. The fourth-order valence-corrected chi connectivity index (χ4v) is 11.7. The monoisotopic (exact) mass is 738 g/mol. The second kappa shape index (κ2) is 11.4. The summed E-state index contributed by atoms with van der Waals surface area (Å²) in [5.74, 6) is 0. The summed E-state index contributed by atoms with van der Waals surface area (Å²) in [7, 11) is 0. The van der Waals surface area contributed by atoms with Crippen molar-refractivity contribution in [3.8, 4) is 16.8 Å². The van der Waals surface area contributed by atoms with Gasteiger partial charge in [-0.25, -0.2) is 0 Å². The number of hydrogen-bond donors (Lipinski definition) is 0. The Morgan fingerprint density at radius 3 is 1.87 bits per heavy atom. The van der Waals surface area contributed by atoms with Gasteiger partial charge in [0.2, 0.25) is 0 Å². The summed E-state index contributed by atoms with van der Waals surface area (Å²) < 4.78 is 7.73. The summed E-state index contributed by atoms with van der Waals surface area (Å²) in [4.78, 5) is 2.49. The van der Waals surface area contributed by atoms with E-state index in [4.69, 9.17) is 0 Å². The molecule has 8 aromatic carbocycles. The Balaban J connectivity index is 1.15. The number of benzene rings is 8. The van der Waals surface area contributed by atoms with Crippen LogP contribution < -0.4 is 4.90 Å². The van der Waals surface area contributed by atoms with Crippen molar-refractivity contribution in [2.45, 2.75) is 19.3 Å². The molecule has 3 heterocycles. The van der Waals surface area contributed by atoms with Crippen LogP contribution in [0.5, 0.6) is 0 Å². The molecular weight excluding hydrogens is 705 g/mol. The van der Waals surface area contributed by atoms with Gasteiger partial charge in [-0.05, 0) is 101 Å². The van der Waals surface area contributed by atoms with E-state index in [0.717, 1.165) is 17.1 Å². The number of aromatic nitrogens is 1. The molecule has 1 aliphatic carbocycles. The zero-order chi connectivity index (χ0) is 36.4. The van der Waals surface area contributed by atoms with Gasteiger partial charge in [0.15, 0.2) is 0 Å². The van der Waals surface area contributed by atoms with E-state index < -0.39 is 0 Å². The highest BCUT2D eigenvalue weighted by Gasteiger charge is 2.36. The summed E-state index contributed by atoms with van der Waals surface area (Å²) in [5, 5.41) is 7.81. The zero-order valence-corrected chi connectivity index (χ0v) is 32.0. The quantitative estimate of drug-likeness (QED) is 0.175. The van der Waals surface area contributed by atoms with Gasteiger partial charge in [-0.2, -0.15) is 0 Å². The van der Waals surface area contributed by atoms with Crippen molar-refractivity contribution in [3.63, 3.8) is 0 Å². The van der Waals surface area contributed by atoms with E-state index in [-0.39, 0.29) is 5.41 Å². The molecule has 0 unspecified atom stereocenters. The molecule has 12 rings (SSSR count). The topological polar surface area (TPSA) is 8.17 Å². The average Bonchev–Trinajstić information content (AvgIpc) is 3.95. The van der Waals surface area contributed by atoms with Gasteiger partial charge in [0.1, 0.15) is 0 Å². The largest absolute Gasteiger partial charge is 0.310 e. The lowest BCUT2D eigenvalue weighted by Gasteiger charge is -2.28. The molecule has 0 radical (unpaired) electrons. The van der Waals surface area contributed by atoms with Crippen molar-refractivity contribution in [1.29, 1.82) is 0 Å². The number of hydrogen-bond acceptors (Lipinski definition) is 3. The van der Waals surface area contributed by atoms with Crippen LogP contribution in [0.4, 0.5) is 17.1 Å². The summed E-state index contributed by atoms with van der Waals surface area (Å²) in [6.07, 6.45) is 0. The van der Waals surface area contributed by atoms with Crippen molar-refractivity contribution in [2.24, 2.45) is 0 Å². The van der Waals surface area contributed by atoms with Crippen molar-refractivity contribution >= 4 is 102 Å². The van der Waals surface area contributed by atoms with Crippen molar-refractivity contribution in [2.75, 3.05) is 4.90 Å². The minimum absolute atomic E-state index is 0.110. The van der Waals surface area contributed by atoms with Crippen LogP contribution in [0, 0.1) is 0 Å². The molecule has 0 aliphatic heterocycles. The van der Waals surface area contributed by atoms with Gasteiger partial charge in [0.25, 0.3) is 0 Å².